The summed E-state index contributed by atoms with van der Waals surface area (Å²) in [6.07, 6.45) is 15.0. The van der Waals surface area contributed by atoms with Crippen molar-refractivity contribution in [1.29, 1.82) is 0 Å². The Balaban J connectivity index is 1.35. The van der Waals surface area contributed by atoms with Crippen LogP contribution in [-0.2, 0) is 11.2 Å². The first-order valence-electron chi connectivity index (χ1n) is 12.6. The number of carbonyl (C=O) groups is 1. The quantitative estimate of drug-likeness (QED) is 0.466. The second-order valence-electron chi connectivity index (χ2n) is 9.24. The first kappa shape index (κ1) is 23.3. The molecule has 1 aliphatic heterocycles. The van der Waals surface area contributed by atoms with Gasteiger partial charge in [-0.2, -0.15) is 5.10 Å². The lowest BCUT2D eigenvalue weighted by Crippen LogP contribution is -2.38. The lowest BCUT2D eigenvalue weighted by molar-refractivity contribution is -0.132. The Hall–Kier alpha value is -2.89. The molecule has 33 heavy (non-hydrogen) atoms. The highest BCUT2D eigenvalue weighted by molar-refractivity contribution is 6.00. The molecule has 0 radical (unpaired) electrons. The van der Waals surface area contributed by atoms with Crippen molar-refractivity contribution in [1.82, 2.24) is 20.4 Å². The maximum absolute atomic E-state index is 12.9. The van der Waals surface area contributed by atoms with E-state index >= 15 is 0 Å². The molecule has 0 unspecified atom stereocenters. The number of hydrogen-bond acceptors (Lipinski definition) is 3. The number of aromatic nitrogens is 2. The van der Waals surface area contributed by atoms with Crippen LogP contribution < -0.4 is 5.32 Å². The van der Waals surface area contributed by atoms with Crippen molar-refractivity contribution in [2.45, 2.75) is 76.7 Å². The van der Waals surface area contributed by atoms with E-state index < -0.39 is 0 Å². The number of rotatable bonds is 7. The average molecular weight is 448 g/mol. The van der Waals surface area contributed by atoms with Gasteiger partial charge in [-0.25, -0.2) is 0 Å². The molecule has 2 aromatic rings. The monoisotopic (exact) mass is 447 g/mol. The Kier molecular flexibility index (Phi) is 8.34. The molecule has 0 spiro atoms. The highest BCUT2D eigenvalue weighted by Gasteiger charge is 2.24. The predicted octanol–water partition coefficient (Wildman–Crippen LogP) is 4.95. The fourth-order valence-electron chi connectivity index (χ4n) is 5.02. The van der Waals surface area contributed by atoms with E-state index in [9.17, 15) is 4.79 Å². The smallest absolute Gasteiger partial charge is 0.222 e. The molecule has 1 saturated heterocycles. The number of aliphatic imine (C=N–C) groups is 1. The summed E-state index contributed by atoms with van der Waals surface area (Å²) in [5.41, 5.74) is 3.36. The summed E-state index contributed by atoms with van der Waals surface area (Å²) >= 11 is 0. The van der Waals surface area contributed by atoms with Gasteiger partial charge in [-0.3, -0.25) is 14.9 Å². The Labute approximate surface area is 197 Å². The number of allylic oxidation sites excluding steroid dienone is 1. The van der Waals surface area contributed by atoms with Gasteiger partial charge in [-0.05, 0) is 56.7 Å². The Morgan fingerprint density at radius 3 is 2.64 bits per heavy atom. The molecule has 2 aliphatic rings. The number of aryl methyl sites for hydroxylation is 1. The molecule has 1 saturated carbocycles. The van der Waals surface area contributed by atoms with Crippen LogP contribution in [0.1, 0.15) is 81.0 Å². The van der Waals surface area contributed by atoms with Crippen LogP contribution in [0.3, 0.4) is 0 Å². The highest BCUT2D eigenvalue weighted by atomic mass is 16.2. The van der Waals surface area contributed by atoms with Gasteiger partial charge in [0.25, 0.3) is 0 Å². The van der Waals surface area contributed by atoms with Crippen molar-refractivity contribution in [2.24, 2.45) is 4.99 Å². The minimum Gasteiger partial charge on any atom is -0.347 e. The molecule has 1 aromatic carbocycles. The minimum absolute atomic E-state index is 0.231. The van der Waals surface area contributed by atoms with Crippen LogP contribution in [0.5, 0.6) is 0 Å². The molecule has 1 amide bonds. The van der Waals surface area contributed by atoms with Crippen molar-refractivity contribution >= 4 is 11.7 Å². The molecule has 0 bridgehead atoms. The standard InChI is InChI=1S/C27H37N5O/c1-2-17-28-27(30-23-11-7-4-8-12-23)24-20-29-31-25(24)13-14-26(33)32-18-15-22(16-19-32)21-9-5-3-6-10-21/h2-3,5-6,9-10,17,20,22-23H,4,7-8,11-16,18-19H2,1H3,(H,28,30)(H,29,31)/b17-2-. The van der Waals surface area contributed by atoms with Gasteiger partial charge in [0.2, 0.25) is 5.91 Å². The normalized spacial score (nSPS) is 18.7. The molecule has 0 atom stereocenters. The van der Waals surface area contributed by atoms with E-state index in [4.69, 9.17) is 4.99 Å². The first-order chi connectivity index (χ1) is 16.2. The third kappa shape index (κ3) is 6.34. The molecular weight excluding hydrogens is 410 g/mol. The van der Waals surface area contributed by atoms with E-state index in [-0.39, 0.29) is 5.91 Å². The molecular formula is C27H37N5O. The van der Waals surface area contributed by atoms with Gasteiger partial charge in [-0.1, -0.05) is 55.7 Å². The second kappa shape index (κ2) is 11.8. The molecule has 2 heterocycles. The number of nitrogens with one attached hydrogen (secondary N) is 2. The first-order valence-corrected chi connectivity index (χ1v) is 12.6. The van der Waals surface area contributed by atoms with E-state index in [0.29, 0.717) is 24.8 Å². The van der Waals surface area contributed by atoms with Crippen LogP contribution in [0.25, 0.3) is 0 Å². The Morgan fingerprint density at radius 2 is 1.91 bits per heavy atom. The van der Waals surface area contributed by atoms with Crippen molar-refractivity contribution in [2.75, 3.05) is 13.1 Å². The molecule has 1 aliphatic carbocycles. The van der Waals surface area contributed by atoms with Crippen LogP contribution in [0.2, 0.25) is 0 Å². The lowest BCUT2D eigenvalue weighted by atomic mass is 9.89. The maximum Gasteiger partial charge on any atom is 0.222 e. The van der Waals surface area contributed by atoms with E-state index in [1.807, 2.05) is 30.3 Å². The van der Waals surface area contributed by atoms with Gasteiger partial charge in [0.15, 0.2) is 0 Å². The van der Waals surface area contributed by atoms with Crippen molar-refractivity contribution < 1.29 is 4.79 Å². The zero-order valence-electron chi connectivity index (χ0n) is 19.8. The molecule has 2 N–H and O–H groups in total. The zero-order valence-corrected chi connectivity index (χ0v) is 19.8. The SMILES string of the molecule is C/C=C\NC(=NC1CCCCC1)c1cn[nH]c1CCC(=O)N1CCC(c2ccccc2)CC1. The number of hydrogen-bond donors (Lipinski definition) is 2. The van der Waals surface area contributed by atoms with E-state index in [0.717, 1.165) is 55.9 Å². The van der Waals surface area contributed by atoms with E-state index in [1.54, 1.807) is 0 Å². The van der Waals surface area contributed by atoms with Crippen molar-refractivity contribution in [3.8, 4) is 0 Å². The summed E-state index contributed by atoms with van der Waals surface area (Å²) < 4.78 is 0. The molecule has 4 rings (SSSR count). The molecule has 6 nitrogen and oxygen atoms in total. The topological polar surface area (TPSA) is 73.4 Å². The molecule has 1 aromatic heterocycles. The molecule has 176 valence electrons. The highest BCUT2D eigenvalue weighted by Crippen LogP contribution is 2.28. The Morgan fingerprint density at radius 1 is 1.15 bits per heavy atom. The van der Waals surface area contributed by atoms with Gasteiger partial charge in [0, 0.05) is 25.2 Å². The van der Waals surface area contributed by atoms with Crippen LogP contribution in [0.4, 0.5) is 0 Å². The maximum atomic E-state index is 12.9. The number of benzene rings is 1. The number of amidine groups is 1. The fraction of sp³-hybridized carbons (Fsp3) is 0.519. The van der Waals surface area contributed by atoms with Gasteiger partial charge >= 0.3 is 0 Å². The number of amides is 1. The number of H-pyrrole nitrogens is 1. The number of likely N-dealkylation sites (tertiary alicyclic amines) is 1. The Bertz CT molecular complexity index is 934. The van der Waals surface area contributed by atoms with Crippen molar-refractivity contribution in [3.63, 3.8) is 0 Å². The number of piperidine rings is 1. The van der Waals surface area contributed by atoms with Gasteiger partial charge in [0.05, 0.1) is 17.8 Å². The number of nitrogens with zero attached hydrogens (tertiary/aromatic N) is 3. The van der Waals surface area contributed by atoms with Crippen LogP contribution in [0.15, 0.2) is 53.8 Å². The lowest BCUT2D eigenvalue weighted by Gasteiger charge is -2.32. The van der Waals surface area contributed by atoms with E-state index in [2.05, 4.69) is 45.8 Å². The third-order valence-electron chi connectivity index (χ3n) is 6.95. The molecule has 6 heteroatoms. The average Bonchev–Trinajstić information content (AvgIpc) is 3.35. The fourth-order valence-corrected chi connectivity index (χ4v) is 5.02. The van der Waals surface area contributed by atoms with Crippen LogP contribution in [-0.4, -0.2) is 46.0 Å². The summed E-state index contributed by atoms with van der Waals surface area (Å²) in [6, 6.07) is 11.0. The summed E-state index contributed by atoms with van der Waals surface area (Å²) in [4.78, 5) is 20.0. The summed E-state index contributed by atoms with van der Waals surface area (Å²) in [6.45, 7) is 3.66. The second-order valence-corrected chi connectivity index (χ2v) is 9.24. The largest absolute Gasteiger partial charge is 0.347 e. The third-order valence-corrected chi connectivity index (χ3v) is 6.95. The summed E-state index contributed by atoms with van der Waals surface area (Å²) in [5, 5.41) is 10.7. The molecule has 2 fully saturated rings. The van der Waals surface area contributed by atoms with Crippen molar-refractivity contribution in [3.05, 3.63) is 65.6 Å². The minimum atomic E-state index is 0.231. The van der Waals surface area contributed by atoms with Gasteiger partial charge < -0.3 is 10.2 Å². The predicted molar refractivity (Wildman–Crippen MR) is 133 cm³/mol. The number of aromatic amines is 1. The van der Waals surface area contributed by atoms with Gasteiger partial charge in [-0.15, -0.1) is 0 Å². The zero-order chi connectivity index (χ0) is 22.9. The van der Waals surface area contributed by atoms with Gasteiger partial charge in [0.1, 0.15) is 5.84 Å². The van der Waals surface area contributed by atoms with Crippen LogP contribution in [0, 0.1) is 0 Å². The summed E-state index contributed by atoms with van der Waals surface area (Å²) in [5.74, 6) is 1.65. The van der Waals surface area contributed by atoms with E-state index in [1.165, 1.54) is 24.8 Å². The summed E-state index contributed by atoms with van der Waals surface area (Å²) in [7, 11) is 0. The number of carbonyl (C=O) groups excluding carboxylic acids is 1. The van der Waals surface area contributed by atoms with Crippen LogP contribution >= 0.6 is 0 Å².